The minimum absolute atomic E-state index is 0.0164. The van der Waals surface area contributed by atoms with E-state index >= 15 is 0 Å². The predicted octanol–water partition coefficient (Wildman–Crippen LogP) is -1.46. The van der Waals surface area contributed by atoms with E-state index in [1.165, 1.54) is 49.9 Å². The van der Waals surface area contributed by atoms with Gasteiger partial charge in [0, 0.05) is 50.1 Å². The number of carbonyl (C=O) groups is 13. The molecule has 12 N–H and O–H groups in total. The summed E-state index contributed by atoms with van der Waals surface area (Å²) in [6.07, 6.45) is 0.145. The van der Waals surface area contributed by atoms with Crippen LogP contribution in [0.2, 0.25) is 0 Å². The molecule has 31 heteroatoms. The molecule has 1 aromatic carbocycles. The number of thioether (sulfide) groups is 1. The van der Waals surface area contributed by atoms with Gasteiger partial charge in [-0.05, 0) is 62.0 Å². The summed E-state index contributed by atoms with van der Waals surface area (Å²) in [6, 6.07) is -2.34. The number of hydrogen-bond donors (Lipinski definition) is 11. The summed E-state index contributed by atoms with van der Waals surface area (Å²) in [7, 11) is 0. The van der Waals surface area contributed by atoms with Crippen LogP contribution in [-0.2, 0) is 87.8 Å². The Kier molecular flexibility index (Phi) is 34.0. The lowest BCUT2D eigenvalue weighted by Gasteiger charge is -2.28. The maximum atomic E-state index is 14.0. The van der Waals surface area contributed by atoms with Crippen LogP contribution < -0.4 is 43.0 Å². The summed E-state index contributed by atoms with van der Waals surface area (Å²) in [5.41, 5.74) is 6.10. The first-order valence-corrected chi connectivity index (χ1v) is 27.5. The van der Waals surface area contributed by atoms with Crippen LogP contribution in [0.25, 0.3) is 0 Å². The van der Waals surface area contributed by atoms with Gasteiger partial charge in [0.25, 0.3) is 11.8 Å². The Labute approximate surface area is 476 Å². The van der Waals surface area contributed by atoms with Crippen molar-refractivity contribution >= 4 is 94.6 Å². The predicted molar refractivity (Wildman–Crippen MR) is 289 cm³/mol. The van der Waals surface area contributed by atoms with Gasteiger partial charge in [-0.25, -0.2) is 4.79 Å². The van der Waals surface area contributed by atoms with Crippen molar-refractivity contribution in [1.29, 1.82) is 0 Å². The molecule has 0 spiro atoms. The van der Waals surface area contributed by atoms with E-state index in [0.717, 1.165) is 4.90 Å². The van der Waals surface area contributed by atoms with Gasteiger partial charge < -0.3 is 82.0 Å². The highest BCUT2D eigenvalue weighted by molar-refractivity contribution is 7.99. The third kappa shape index (κ3) is 30.2. The monoisotopic (exact) mass is 1180 g/mol. The fourth-order valence-electron chi connectivity index (χ4n) is 7.23. The smallest absolute Gasteiger partial charge is 0.316 e. The maximum Gasteiger partial charge on any atom is 0.316 e. The lowest BCUT2D eigenvalue weighted by atomic mass is 10.0. The Morgan fingerprint density at radius 1 is 0.573 bits per heavy atom. The van der Waals surface area contributed by atoms with Crippen LogP contribution in [0.15, 0.2) is 36.4 Å². The van der Waals surface area contributed by atoms with E-state index in [0.29, 0.717) is 11.3 Å². The standard InChI is InChI=1S/C51H75N9O21S/c1-31(2)45(50(75)58-34(5-4-19-53-51(52)76)46(71)54-33-8-6-32(7-9-33)29-81-44(70)30-82-3)59-49(74)37(12-17-43(68)69)57-48(73)36(11-16-42(66)67)56-47(72)35(10-15-41(64)65)55-38(61)18-21-77-23-25-79-27-28-80-26-24-78-22-20-60-39(62)13-14-40(60)63/h6-9,13-14,31,34-37,45H,4-5,10-12,15-30H2,1-3H3,(H,54,71)(H,55,61)(H,56,72)(H,57,73)(H,58,75)(H,59,74)(H,64,65)(H,66,67)(H,68,69)(H3,52,53,76)/t34-,35-,36-,37-,45-/m0/s1. The Morgan fingerprint density at radius 3 is 1.50 bits per heavy atom. The number of carboxylic acids is 3. The number of imide groups is 1. The van der Waals surface area contributed by atoms with E-state index in [4.69, 9.17) is 29.4 Å². The van der Waals surface area contributed by atoms with Crippen molar-refractivity contribution in [3.05, 3.63) is 42.0 Å². The van der Waals surface area contributed by atoms with Gasteiger partial charge in [0.05, 0.1) is 65.2 Å². The molecule has 5 atom stereocenters. The molecule has 0 bridgehead atoms. The van der Waals surface area contributed by atoms with Crippen LogP contribution in [0.5, 0.6) is 0 Å². The number of aliphatic carboxylic acids is 3. The highest BCUT2D eigenvalue weighted by Gasteiger charge is 2.34. The molecule has 0 saturated heterocycles. The summed E-state index contributed by atoms with van der Waals surface area (Å²) >= 11 is 1.30. The largest absolute Gasteiger partial charge is 0.481 e. The van der Waals surface area contributed by atoms with Gasteiger partial charge in [-0.3, -0.25) is 62.4 Å². The van der Waals surface area contributed by atoms with Gasteiger partial charge in [0.2, 0.25) is 35.4 Å². The summed E-state index contributed by atoms with van der Waals surface area (Å²) in [5, 5.41) is 45.5. The quantitative estimate of drug-likeness (QED) is 0.0202. The molecule has 1 heterocycles. The van der Waals surface area contributed by atoms with Crippen LogP contribution in [0.3, 0.4) is 0 Å². The number of nitrogens with two attached hydrogens (primary N) is 1. The molecule has 1 aliphatic heterocycles. The number of hydrogen-bond acceptors (Lipinski definition) is 19. The van der Waals surface area contributed by atoms with E-state index in [1.807, 2.05) is 0 Å². The molecule has 0 aromatic heterocycles. The molecule has 0 radical (unpaired) electrons. The number of urea groups is 1. The number of carboxylic acid groups (broad SMARTS) is 3. The number of nitrogens with zero attached hydrogens (tertiary/aromatic N) is 1. The molecule has 10 amide bonds. The van der Waals surface area contributed by atoms with E-state index in [1.54, 1.807) is 18.4 Å². The molecule has 82 heavy (non-hydrogen) atoms. The molecule has 1 aliphatic rings. The number of anilines is 1. The van der Waals surface area contributed by atoms with Crippen LogP contribution >= 0.6 is 11.8 Å². The van der Waals surface area contributed by atoms with Crippen LogP contribution in [0, 0.1) is 5.92 Å². The highest BCUT2D eigenvalue weighted by Crippen LogP contribution is 2.14. The third-order valence-corrected chi connectivity index (χ3v) is 12.1. The second-order valence-electron chi connectivity index (χ2n) is 18.4. The highest BCUT2D eigenvalue weighted by atomic mass is 32.2. The molecule has 30 nitrogen and oxygen atoms in total. The number of rotatable bonds is 44. The van der Waals surface area contributed by atoms with Crippen molar-refractivity contribution in [2.45, 2.75) is 108 Å². The van der Waals surface area contributed by atoms with Gasteiger partial charge in [-0.15, -0.1) is 0 Å². The summed E-state index contributed by atoms with van der Waals surface area (Å²) in [5.74, 6) is -11.7. The average Bonchev–Trinajstić information content (AvgIpc) is 3.75. The zero-order valence-electron chi connectivity index (χ0n) is 45.9. The summed E-state index contributed by atoms with van der Waals surface area (Å²) in [6.45, 7) is 4.20. The third-order valence-electron chi connectivity index (χ3n) is 11.5. The Bertz CT molecular complexity index is 2340. The van der Waals surface area contributed by atoms with Crippen molar-refractivity contribution in [2.24, 2.45) is 11.7 Å². The number of nitrogens with one attached hydrogen (secondary N) is 7. The van der Waals surface area contributed by atoms with E-state index in [-0.39, 0.29) is 97.6 Å². The number of carbonyl (C=O) groups excluding carboxylic acids is 10. The number of benzene rings is 1. The number of esters is 1. The topological polar surface area (TPSA) is 442 Å². The molecule has 0 fully saturated rings. The molecule has 1 aromatic rings. The van der Waals surface area contributed by atoms with Gasteiger partial charge in [0.15, 0.2) is 0 Å². The molecule has 2 rings (SSSR count). The van der Waals surface area contributed by atoms with Crippen molar-refractivity contribution in [3.63, 3.8) is 0 Å². The van der Waals surface area contributed by atoms with Gasteiger partial charge in [0.1, 0.15) is 36.8 Å². The fourth-order valence-corrected chi connectivity index (χ4v) is 7.55. The first kappa shape index (κ1) is 70.4. The summed E-state index contributed by atoms with van der Waals surface area (Å²) in [4.78, 5) is 164. The van der Waals surface area contributed by atoms with E-state index < -0.39 is 152 Å². The van der Waals surface area contributed by atoms with E-state index in [2.05, 4.69) is 37.2 Å². The minimum atomic E-state index is -1.76. The van der Waals surface area contributed by atoms with E-state index in [9.17, 15) is 77.6 Å². The molecule has 0 aliphatic carbocycles. The molecule has 0 saturated carbocycles. The number of primary amides is 1. The molecule has 456 valence electrons. The first-order chi connectivity index (χ1) is 39.0. The Morgan fingerprint density at radius 2 is 1.02 bits per heavy atom. The molecule has 0 unspecified atom stereocenters. The van der Waals surface area contributed by atoms with Crippen molar-refractivity contribution in [1.82, 2.24) is 36.8 Å². The second kappa shape index (κ2) is 39.6. The summed E-state index contributed by atoms with van der Waals surface area (Å²) < 4.78 is 26.8. The Hall–Kier alpha value is -7.74. The van der Waals surface area contributed by atoms with Crippen LogP contribution in [-0.4, -0.2) is 206 Å². The SMILES string of the molecule is CSCC(=O)OCc1ccc(NC(=O)[C@H](CCCNC(N)=O)NC(=O)[C@@H](NC(=O)[C@H](CCC(=O)O)NC(=O)[C@H](CCC(=O)O)NC(=O)[C@H](CCC(=O)O)NC(=O)CCOCCOCCOCCOCCN2C(=O)C=CC2=O)C(C)C)cc1. The molecular formula is C51H75N9O21S. The molecular weight excluding hydrogens is 1110 g/mol. The normalized spacial score (nSPS) is 13.7. The maximum absolute atomic E-state index is 14.0. The lowest BCUT2D eigenvalue weighted by molar-refractivity contribution is -0.142. The zero-order chi connectivity index (χ0) is 61.0. The average molecular weight is 1180 g/mol. The van der Waals surface area contributed by atoms with Gasteiger partial charge in [-0.1, -0.05) is 26.0 Å². The Balaban J connectivity index is 2.08. The van der Waals surface area contributed by atoms with Crippen molar-refractivity contribution in [2.75, 3.05) is 83.3 Å². The van der Waals surface area contributed by atoms with Gasteiger partial charge in [-0.2, -0.15) is 11.8 Å². The van der Waals surface area contributed by atoms with Gasteiger partial charge >= 0.3 is 29.9 Å². The zero-order valence-corrected chi connectivity index (χ0v) is 46.7. The number of ether oxygens (including phenoxy) is 5. The minimum Gasteiger partial charge on any atom is -0.481 e. The van der Waals surface area contributed by atoms with Crippen LogP contribution in [0.1, 0.15) is 77.2 Å². The fraction of sp³-hybridized carbons (Fsp3) is 0.588. The first-order valence-electron chi connectivity index (χ1n) is 26.1. The second-order valence-corrected chi connectivity index (χ2v) is 19.3. The van der Waals surface area contributed by atoms with Crippen molar-refractivity contribution < 1.29 is 101 Å². The van der Waals surface area contributed by atoms with Crippen LogP contribution in [0.4, 0.5) is 10.5 Å². The lowest BCUT2D eigenvalue weighted by Crippen LogP contribution is -2.60. The number of amides is 10. The van der Waals surface area contributed by atoms with Crippen molar-refractivity contribution in [3.8, 4) is 0 Å².